The summed E-state index contributed by atoms with van der Waals surface area (Å²) in [5, 5.41) is 8.33. The van der Waals surface area contributed by atoms with Gasteiger partial charge >= 0.3 is 12.1 Å². The second-order valence-electron chi connectivity index (χ2n) is 8.31. The monoisotopic (exact) mass is 421 g/mol. The van der Waals surface area contributed by atoms with Crippen LogP contribution in [0.15, 0.2) is 36.4 Å². The quantitative estimate of drug-likeness (QED) is 0.547. The number of esters is 1. The van der Waals surface area contributed by atoms with Crippen LogP contribution in [0.2, 0.25) is 0 Å². The summed E-state index contributed by atoms with van der Waals surface area (Å²) in [5.74, 6) is -1.36. The van der Waals surface area contributed by atoms with Gasteiger partial charge in [0.1, 0.15) is 16.7 Å². The van der Waals surface area contributed by atoms with Gasteiger partial charge in [-0.2, -0.15) is 13.2 Å². The highest BCUT2D eigenvalue weighted by atomic mass is 19.4. The summed E-state index contributed by atoms with van der Waals surface area (Å²) in [5.41, 5.74) is -0.749. The fourth-order valence-corrected chi connectivity index (χ4v) is 3.43. The highest BCUT2D eigenvalue weighted by molar-refractivity contribution is 6.17. The third kappa shape index (κ3) is 4.44. The third-order valence-corrected chi connectivity index (χ3v) is 5.10. The lowest BCUT2D eigenvalue weighted by Gasteiger charge is -2.34. The van der Waals surface area contributed by atoms with Crippen molar-refractivity contribution in [1.29, 1.82) is 0 Å². The predicted molar refractivity (Wildman–Crippen MR) is 104 cm³/mol. The molecular formula is C21H22F3N3O3. The van der Waals surface area contributed by atoms with Crippen LogP contribution in [0.25, 0.3) is 16.7 Å². The summed E-state index contributed by atoms with van der Waals surface area (Å²) in [6, 6.07) is 3.06. The molecule has 0 saturated heterocycles. The molecule has 0 amide bonds. The Hall–Kier alpha value is -2.97. The molecule has 6 nitrogen and oxygen atoms in total. The molecule has 0 saturated carbocycles. The van der Waals surface area contributed by atoms with Crippen molar-refractivity contribution >= 4 is 28.5 Å². The minimum Gasteiger partial charge on any atom is -0.466 e. The van der Waals surface area contributed by atoms with E-state index in [4.69, 9.17) is 0 Å². The van der Waals surface area contributed by atoms with Crippen molar-refractivity contribution in [2.75, 3.05) is 7.11 Å². The molecule has 30 heavy (non-hydrogen) atoms. The van der Waals surface area contributed by atoms with E-state index in [9.17, 15) is 22.8 Å². The molecule has 0 N–H and O–H groups in total. The van der Waals surface area contributed by atoms with Gasteiger partial charge in [0.15, 0.2) is 5.78 Å². The zero-order chi connectivity index (χ0) is 22.3. The zero-order valence-electron chi connectivity index (χ0n) is 17.0. The molecule has 160 valence electrons. The summed E-state index contributed by atoms with van der Waals surface area (Å²) in [7, 11) is 1.27. The number of hydrogen-bond donors (Lipinski definition) is 0. The van der Waals surface area contributed by atoms with Gasteiger partial charge in [0.25, 0.3) is 0 Å². The first kappa shape index (κ1) is 21.7. The minimum atomic E-state index is -4.50. The Labute approximate surface area is 171 Å². The first-order valence-corrected chi connectivity index (χ1v) is 9.37. The van der Waals surface area contributed by atoms with Gasteiger partial charge in [0.05, 0.1) is 12.7 Å². The number of aromatic nitrogens is 3. The summed E-state index contributed by atoms with van der Waals surface area (Å²) in [6.45, 7) is 5.80. The van der Waals surface area contributed by atoms with Crippen LogP contribution < -0.4 is 0 Å². The van der Waals surface area contributed by atoms with Crippen LogP contribution in [0.5, 0.6) is 0 Å². The van der Waals surface area contributed by atoms with E-state index in [1.807, 2.05) is 20.8 Å². The van der Waals surface area contributed by atoms with Crippen LogP contribution in [0, 0.1) is 17.3 Å². The van der Waals surface area contributed by atoms with E-state index in [2.05, 4.69) is 14.9 Å². The Kier molecular flexibility index (Phi) is 5.58. The lowest BCUT2D eigenvalue weighted by Crippen LogP contribution is -2.35. The number of benzene rings is 1. The van der Waals surface area contributed by atoms with Crippen molar-refractivity contribution in [3.63, 3.8) is 0 Å². The Balaban J connectivity index is 2.06. The molecule has 1 aromatic heterocycles. The topological polar surface area (TPSA) is 74.1 Å². The number of alkyl halides is 3. The molecule has 0 bridgehead atoms. The summed E-state index contributed by atoms with van der Waals surface area (Å²) < 4.78 is 43.6. The molecule has 1 heterocycles. The number of halogens is 3. The van der Waals surface area contributed by atoms with Crippen LogP contribution >= 0.6 is 0 Å². The fourth-order valence-electron chi connectivity index (χ4n) is 3.43. The van der Waals surface area contributed by atoms with Crippen LogP contribution in [-0.2, 0) is 20.5 Å². The van der Waals surface area contributed by atoms with Gasteiger partial charge in [-0.05, 0) is 42.0 Å². The molecule has 1 aliphatic rings. The number of ether oxygens (including phenoxy) is 1. The van der Waals surface area contributed by atoms with Crippen LogP contribution in [0.3, 0.4) is 0 Å². The van der Waals surface area contributed by atoms with E-state index in [0.29, 0.717) is 6.42 Å². The Bertz CT molecular complexity index is 1050. The number of ketones is 1. The van der Waals surface area contributed by atoms with E-state index in [1.165, 1.54) is 19.3 Å². The van der Waals surface area contributed by atoms with E-state index >= 15 is 0 Å². The number of allylic oxidation sites excluding steroid dienone is 3. The number of hydrogen-bond acceptors (Lipinski definition) is 5. The smallest absolute Gasteiger partial charge is 0.416 e. The van der Waals surface area contributed by atoms with E-state index in [-0.39, 0.29) is 39.8 Å². The molecule has 9 heteroatoms. The van der Waals surface area contributed by atoms with E-state index < -0.39 is 17.7 Å². The third-order valence-electron chi connectivity index (χ3n) is 5.10. The first-order chi connectivity index (χ1) is 13.9. The Morgan fingerprint density at radius 2 is 1.87 bits per heavy atom. The molecule has 0 radical (unpaired) electrons. The summed E-state index contributed by atoms with van der Waals surface area (Å²) >= 11 is 0. The lowest BCUT2D eigenvalue weighted by molar-refractivity contribution is -0.137. The number of nitrogens with zero attached hydrogens (tertiary/aromatic N) is 3. The standard InChI is InChI=1S/C21H22F3N3O3/c1-20(2,3)14-9-12(5-8-18(28)30-4)10-17(19(14)29)27-25-15-7-6-13(21(22,23)24)11-16(15)26-27/h5-8,10-12,14H,9H2,1-4H3. The molecule has 2 atom stereocenters. The lowest BCUT2D eigenvalue weighted by atomic mass is 9.70. The van der Waals surface area contributed by atoms with Crippen molar-refractivity contribution in [3.05, 3.63) is 42.0 Å². The number of Topliss-reactive ketones (excluding diaryl/α,β-unsaturated/α-hetero) is 1. The van der Waals surface area contributed by atoms with Crippen LogP contribution in [0.4, 0.5) is 13.2 Å². The molecule has 1 aromatic carbocycles. The number of rotatable bonds is 3. The number of carbonyl (C=O) groups is 2. The van der Waals surface area contributed by atoms with Crippen LogP contribution in [-0.4, -0.2) is 33.9 Å². The van der Waals surface area contributed by atoms with Crippen molar-refractivity contribution in [2.45, 2.75) is 33.4 Å². The Morgan fingerprint density at radius 1 is 1.20 bits per heavy atom. The molecule has 1 aliphatic carbocycles. The molecule has 2 unspecified atom stereocenters. The summed E-state index contributed by atoms with van der Waals surface area (Å²) in [6.07, 6.45) is 0.545. The molecule has 0 fully saturated rings. The van der Waals surface area contributed by atoms with Gasteiger partial charge in [0, 0.05) is 12.0 Å². The zero-order valence-corrected chi connectivity index (χ0v) is 17.0. The second kappa shape index (κ2) is 7.70. The van der Waals surface area contributed by atoms with Gasteiger partial charge in [-0.3, -0.25) is 4.79 Å². The largest absolute Gasteiger partial charge is 0.466 e. The van der Waals surface area contributed by atoms with Gasteiger partial charge in [-0.25, -0.2) is 4.79 Å². The minimum absolute atomic E-state index is 0.0399. The average Bonchev–Trinajstić information content (AvgIpc) is 3.08. The number of carbonyl (C=O) groups excluding carboxylic acids is 2. The highest BCUT2D eigenvalue weighted by Gasteiger charge is 2.39. The Morgan fingerprint density at radius 3 is 2.47 bits per heavy atom. The van der Waals surface area contributed by atoms with Crippen molar-refractivity contribution in [3.8, 4) is 0 Å². The SMILES string of the molecule is COC(=O)C=CC1C=C(n2nc3ccc(C(F)(F)F)cc3n2)C(=O)C(C(C)(C)C)C1. The van der Waals surface area contributed by atoms with Gasteiger partial charge in [0.2, 0.25) is 0 Å². The maximum absolute atomic E-state index is 13.2. The number of methoxy groups -OCH3 is 1. The number of fused-ring (bicyclic) bond motifs is 1. The van der Waals surface area contributed by atoms with Crippen molar-refractivity contribution < 1.29 is 27.5 Å². The first-order valence-electron chi connectivity index (χ1n) is 9.37. The molecule has 0 aliphatic heterocycles. The fraction of sp³-hybridized carbons (Fsp3) is 0.429. The normalized spacial score (nSPS) is 20.6. The predicted octanol–water partition coefficient (Wildman–Crippen LogP) is 4.27. The molecular weight excluding hydrogens is 399 g/mol. The average molecular weight is 421 g/mol. The second-order valence-corrected chi connectivity index (χ2v) is 8.31. The van der Waals surface area contributed by atoms with E-state index in [1.54, 1.807) is 12.2 Å². The summed E-state index contributed by atoms with van der Waals surface area (Å²) in [4.78, 5) is 25.7. The molecule has 2 aromatic rings. The van der Waals surface area contributed by atoms with E-state index in [0.717, 1.165) is 16.9 Å². The molecule has 0 spiro atoms. The van der Waals surface area contributed by atoms with Crippen molar-refractivity contribution in [1.82, 2.24) is 15.0 Å². The van der Waals surface area contributed by atoms with Gasteiger partial charge in [-0.15, -0.1) is 15.0 Å². The van der Waals surface area contributed by atoms with Gasteiger partial charge < -0.3 is 4.74 Å². The maximum atomic E-state index is 13.2. The van der Waals surface area contributed by atoms with Crippen molar-refractivity contribution in [2.24, 2.45) is 17.3 Å². The maximum Gasteiger partial charge on any atom is 0.416 e. The van der Waals surface area contributed by atoms with Crippen LogP contribution in [0.1, 0.15) is 32.8 Å². The highest BCUT2D eigenvalue weighted by Crippen LogP contribution is 2.39. The molecule has 3 rings (SSSR count). The van der Waals surface area contributed by atoms with Gasteiger partial charge in [-0.1, -0.05) is 26.8 Å².